The molecule has 0 unspecified atom stereocenters. The summed E-state index contributed by atoms with van der Waals surface area (Å²) in [6, 6.07) is -2.04. The first-order valence-electron chi connectivity index (χ1n) is 6.80. The summed E-state index contributed by atoms with van der Waals surface area (Å²) in [5, 5.41) is 4.11. The topological polar surface area (TPSA) is 67.4 Å². The van der Waals surface area contributed by atoms with E-state index in [2.05, 4.69) is 5.32 Å². The number of alkyl halides is 3. The number of allylic oxidation sites excluding steroid dienone is 1. The minimum Gasteiger partial charge on any atom is -0.444 e. The van der Waals surface area contributed by atoms with Gasteiger partial charge in [0.1, 0.15) is 11.6 Å². The lowest BCUT2D eigenvalue weighted by atomic mass is 10.2. The molecule has 1 atom stereocenters. The maximum absolute atomic E-state index is 12.8. The maximum atomic E-state index is 12.8. The molecule has 5 nitrogen and oxygen atoms in total. The molecule has 0 aliphatic rings. The lowest BCUT2D eigenvalue weighted by Gasteiger charge is -2.22. The molecule has 0 bridgehead atoms. The molecule has 0 aromatic heterocycles. The van der Waals surface area contributed by atoms with Gasteiger partial charge in [0.25, 0.3) is 0 Å². The summed E-state index contributed by atoms with van der Waals surface area (Å²) >= 11 is 0. The highest BCUT2D eigenvalue weighted by molar-refractivity contribution is 5.88. The van der Waals surface area contributed by atoms with E-state index >= 15 is 0 Å². The molecule has 22 heavy (non-hydrogen) atoms. The zero-order valence-corrected chi connectivity index (χ0v) is 13.4. The largest absolute Gasteiger partial charge is 0.444 e. The van der Waals surface area contributed by atoms with Gasteiger partial charge in [0.15, 0.2) is 0 Å². The van der Waals surface area contributed by atoms with E-state index in [1.165, 1.54) is 0 Å². The highest BCUT2D eigenvalue weighted by atomic mass is 19.4. The molecule has 0 radical (unpaired) electrons. The second-order valence-corrected chi connectivity index (χ2v) is 6.04. The normalized spacial score (nSPS) is 13.1. The summed E-state index contributed by atoms with van der Waals surface area (Å²) in [6.07, 6.45) is -4.80. The van der Waals surface area contributed by atoms with E-state index in [1.807, 2.05) is 5.32 Å². The van der Waals surface area contributed by atoms with Crippen molar-refractivity contribution in [3.63, 3.8) is 0 Å². The third-order valence-electron chi connectivity index (χ3n) is 2.23. The molecule has 0 aliphatic carbocycles. The standard InChI is InChI=1S/C14H23F3N2O3/c1-9(2)8-11(20)19-10(14(15,16)17)6-7-18-12(21)22-13(3,4)5/h8,10H,6-7H2,1-5H3,(H,18,21)(H,19,20)/t10-/m0/s1. The summed E-state index contributed by atoms with van der Waals surface area (Å²) in [5.41, 5.74) is -0.143. The molecular formula is C14H23F3N2O3. The number of carbonyl (C=O) groups excluding carboxylic acids is 2. The summed E-state index contributed by atoms with van der Waals surface area (Å²) in [5.74, 6) is -0.820. The third kappa shape index (κ3) is 10.1. The Morgan fingerprint density at radius 1 is 1.18 bits per heavy atom. The van der Waals surface area contributed by atoms with Gasteiger partial charge in [-0.2, -0.15) is 13.2 Å². The van der Waals surface area contributed by atoms with Crippen molar-refractivity contribution in [2.45, 2.75) is 58.9 Å². The molecule has 128 valence electrons. The number of ether oxygens (including phenoxy) is 1. The second kappa shape index (κ2) is 8.05. The summed E-state index contributed by atoms with van der Waals surface area (Å²) in [7, 11) is 0. The van der Waals surface area contributed by atoms with E-state index in [0.29, 0.717) is 5.57 Å². The number of nitrogens with one attached hydrogen (secondary N) is 2. The Morgan fingerprint density at radius 3 is 2.14 bits per heavy atom. The predicted octanol–water partition coefficient (Wildman–Crippen LogP) is 2.91. The fourth-order valence-corrected chi connectivity index (χ4v) is 1.43. The van der Waals surface area contributed by atoms with Crippen molar-refractivity contribution in [1.29, 1.82) is 0 Å². The van der Waals surface area contributed by atoms with Crippen molar-refractivity contribution >= 4 is 12.0 Å². The first-order chi connectivity index (χ1) is 9.81. The Labute approximate surface area is 128 Å². The van der Waals surface area contributed by atoms with Crippen molar-refractivity contribution in [2.75, 3.05) is 6.54 Å². The number of carbonyl (C=O) groups is 2. The summed E-state index contributed by atoms with van der Waals surface area (Å²) in [4.78, 5) is 22.7. The second-order valence-electron chi connectivity index (χ2n) is 6.04. The van der Waals surface area contributed by atoms with E-state index in [-0.39, 0.29) is 6.54 Å². The lowest BCUT2D eigenvalue weighted by Crippen LogP contribution is -2.47. The Bertz CT molecular complexity index is 422. The van der Waals surface area contributed by atoms with Crippen LogP contribution in [0.15, 0.2) is 11.6 Å². The molecule has 0 spiro atoms. The molecule has 0 heterocycles. The van der Waals surface area contributed by atoms with Gasteiger partial charge in [0.05, 0.1) is 0 Å². The van der Waals surface area contributed by atoms with Gasteiger partial charge in [-0.25, -0.2) is 4.79 Å². The minimum absolute atomic E-state index is 0.270. The van der Waals surface area contributed by atoms with Crippen LogP contribution in [-0.4, -0.2) is 36.4 Å². The number of halogens is 3. The van der Waals surface area contributed by atoms with Gasteiger partial charge in [-0.05, 0) is 41.0 Å². The van der Waals surface area contributed by atoms with Crippen LogP contribution >= 0.6 is 0 Å². The Kier molecular flexibility index (Phi) is 7.42. The molecule has 0 saturated carbocycles. The molecule has 0 aliphatic heterocycles. The van der Waals surface area contributed by atoms with Gasteiger partial charge in [0.2, 0.25) is 5.91 Å². The van der Waals surface area contributed by atoms with Crippen LogP contribution in [0.4, 0.5) is 18.0 Å². The van der Waals surface area contributed by atoms with Gasteiger partial charge in [-0.3, -0.25) is 4.79 Å². The number of hydrogen-bond donors (Lipinski definition) is 2. The van der Waals surface area contributed by atoms with Gasteiger partial charge < -0.3 is 15.4 Å². The van der Waals surface area contributed by atoms with Gasteiger partial charge in [0, 0.05) is 12.6 Å². The molecule has 0 rings (SSSR count). The van der Waals surface area contributed by atoms with Crippen molar-refractivity contribution in [1.82, 2.24) is 10.6 Å². The molecule has 2 N–H and O–H groups in total. The molecule has 2 amide bonds. The minimum atomic E-state index is -4.60. The van der Waals surface area contributed by atoms with Crippen molar-refractivity contribution < 1.29 is 27.5 Å². The smallest absolute Gasteiger partial charge is 0.408 e. The first kappa shape index (κ1) is 20.3. The SMILES string of the molecule is CC(C)=CC(=O)N[C@@H](CCNC(=O)OC(C)(C)C)C(F)(F)F. The number of hydrogen-bond acceptors (Lipinski definition) is 3. The Balaban J connectivity index is 4.49. The lowest BCUT2D eigenvalue weighted by molar-refractivity contribution is -0.161. The molecular weight excluding hydrogens is 301 g/mol. The van der Waals surface area contributed by atoms with Crippen molar-refractivity contribution in [3.8, 4) is 0 Å². The van der Waals surface area contributed by atoms with Crippen LogP contribution in [0.2, 0.25) is 0 Å². The Hall–Kier alpha value is -1.73. The van der Waals surface area contributed by atoms with Gasteiger partial charge in [-0.15, -0.1) is 0 Å². The average molecular weight is 324 g/mol. The zero-order chi connectivity index (χ0) is 17.6. The van der Waals surface area contributed by atoms with E-state index in [9.17, 15) is 22.8 Å². The van der Waals surface area contributed by atoms with Crippen LogP contribution < -0.4 is 10.6 Å². The fourth-order valence-electron chi connectivity index (χ4n) is 1.43. The maximum Gasteiger partial charge on any atom is 0.408 e. The molecule has 0 fully saturated rings. The van der Waals surface area contributed by atoms with E-state index < -0.39 is 36.2 Å². The molecule has 0 saturated heterocycles. The predicted molar refractivity (Wildman–Crippen MR) is 76.3 cm³/mol. The van der Waals surface area contributed by atoms with Crippen LogP contribution in [0.3, 0.4) is 0 Å². The van der Waals surface area contributed by atoms with Crippen LogP contribution in [0.5, 0.6) is 0 Å². The highest BCUT2D eigenvalue weighted by Gasteiger charge is 2.40. The van der Waals surface area contributed by atoms with Gasteiger partial charge >= 0.3 is 12.3 Å². The number of alkyl carbamates (subject to hydrolysis) is 1. The average Bonchev–Trinajstić information content (AvgIpc) is 2.22. The van der Waals surface area contributed by atoms with Crippen LogP contribution in [0.1, 0.15) is 41.0 Å². The summed E-state index contributed by atoms with van der Waals surface area (Å²) in [6.45, 7) is 7.87. The first-order valence-corrected chi connectivity index (χ1v) is 6.80. The summed E-state index contributed by atoms with van der Waals surface area (Å²) < 4.78 is 43.4. The quantitative estimate of drug-likeness (QED) is 0.764. The van der Waals surface area contributed by atoms with E-state index in [1.54, 1.807) is 34.6 Å². The van der Waals surface area contributed by atoms with Crippen LogP contribution in [0, 0.1) is 0 Å². The van der Waals surface area contributed by atoms with Crippen LogP contribution in [0.25, 0.3) is 0 Å². The Morgan fingerprint density at radius 2 is 1.73 bits per heavy atom. The van der Waals surface area contributed by atoms with Crippen molar-refractivity contribution in [3.05, 3.63) is 11.6 Å². The monoisotopic (exact) mass is 324 g/mol. The van der Waals surface area contributed by atoms with Gasteiger partial charge in [-0.1, -0.05) is 5.57 Å². The van der Waals surface area contributed by atoms with E-state index in [4.69, 9.17) is 4.74 Å². The molecule has 8 heteroatoms. The van der Waals surface area contributed by atoms with Crippen molar-refractivity contribution in [2.24, 2.45) is 0 Å². The molecule has 0 aromatic rings. The highest BCUT2D eigenvalue weighted by Crippen LogP contribution is 2.22. The fraction of sp³-hybridized carbons (Fsp3) is 0.714. The van der Waals surface area contributed by atoms with E-state index in [0.717, 1.165) is 6.08 Å². The number of rotatable bonds is 5. The third-order valence-corrected chi connectivity index (χ3v) is 2.23. The number of amides is 2. The zero-order valence-electron chi connectivity index (χ0n) is 13.4. The molecule has 0 aromatic carbocycles. The van der Waals surface area contributed by atoms with Crippen LogP contribution in [-0.2, 0) is 9.53 Å².